The largest absolute Gasteiger partial charge is 0.395 e. The molecule has 0 unspecified atom stereocenters. The standard InChI is InChI=1S/C4H9NO3S/c6-2-1-5-3-4(7)8-9/h5-6,9H,1-3H2. The number of hydrogen-bond donors (Lipinski definition) is 3. The van der Waals surface area contributed by atoms with E-state index in [-0.39, 0.29) is 13.2 Å². The van der Waals surface area contributed by atoms with E-state index in [9.17, 15) is 4.79 Å². The lowest BCUT2D eigenvalue weighted by Gasteiger charge is -1.97. The molecule has 0 amide bonds. The second-order valence-corrected chi connectivity index (χ2v) is 1.55. The first-order valence-electron chi connectivity index (χ1n) is 2.47. The summed E-state index contributed by atoms with van der Waals surface area (Å²) in [4.78, 5) is 10.2. The molecule has 0 saturated heterocycles. The average Bonchev–Trinajstić information content (AvgIpc) is 1.89. The Morgan fingerprint density at radius 1 is 1.78 bits per heavy atom. The summed E-state index contributed by atoms with van der Waals surface area (Å²) in [5.41, 5.74) is 0. The third-order valence-corrected chi connectivity index (χ3v) is 0.863. The molecular formula is C4H9NO3S. The van der Waals surface area contributed by atoms with E-state index in [0.29, 0.717) is 6.54 Å². The molecule has 9 heavy (non-hydrogen) atoms. The Bertz CT molecular complexity index is 87.9. The van der Waals surface area contributed by atoms with Crippen molar-refractivity contribution in [3.05, 3.63) is 0 Å². The molecular weight excluding hydrogens is 142 g/mol. The fourth-order valence-electron chi connectivity index (χ4n) is 0.302. The number of carbonyl (C=O) groups excluding carboxylic acids is 1. The van der Waals surface area contributed by atoms with Gasteiger partial charge in [0.2, 0.25) is 0 Å². The molecule has 0 aromatic carbocycles. The zero-order valence-corrected chi connectivity index (χ0v) is 5.73. The van der Waals surface area contributed by atoms with Gasteiger partial charge in [-0.2, -0.15) is 0 Å². The second-order valence-electron chi connectivity index (χ2n) is 1.36. The minimum Gasteiger partial charge on any atom is -0.395 e. The number of aliphatic hydroxyl groups is 1. The Morgan fingerprint density at radius 2 is 2.44 bits per heavy atom. The second kappa shape index (κ2) is 5.87. The van der Waals surface area contributed by atoms with Crippen molar-refractivity contribution in [3.8, 4) is 0 Å². The van der Waals surface area contributed by atoms with Crippen molar-refractivity contribution in [1.82, 2.24) is 5.32 Å². The summed E-state index contributed by atoms with van der Waals surface area (Å²) in [5, 5.41) is 10.8. The lowest BCUT2D eigenvalue weighted by atomic mass is 10.6. The van der Waals surface area contributed by atoms with E-state index in [0.717, 1.165) is 0 Å². The Kier molecular flexibility index (Phi) is 5.70. The van der Waals surface area contributed by atoms with Crippen LogP contribution in [-0.4, -0.2) is 30.8 Å². The van der Waals surface area contributed by atoms with Gasteiger partial charge in [0.05, 0.1) is 13.2 Å². The Labute approximate surface area is 58.8 Å². The van der Waals surface area contributed by atoms with Crippen LogP contribution < -0.4 is 5.32 Å². The highest BCUT2D eigenvalue weighted by Gasteiger charge is 1.96. The molecule has 0 bridgehead atoms. The van der Waals surface area contributed by atoms with Crippen LogP contribution in [0.5, 0.6) is 0 Å². The van der Waals surface area contributed by atoms with Gasteiger partial charge in [0.1, 0.15) is 0 Å². The van der Waals surface area contributed by atoms with E-state index < -0.39 is 5.97 Å². The summed E-state index contributed by atoms with van der Waals surface area (Å²) < 4.78 is 4.01. The van der Waals surface area contributed by atoms with E-state index in [1.54, 1.807) is 0 Å². The summed E-state index contributed by atoms with van der Waals surface area (Å²) in [7, 11) is 0. The van der Waals surface area contributed by atoms with Crippen molar-refractivity contribution in [2.45, 2.75) is 0 Å². The summed E-state index contributed by atoms with van der Waals surface area (Å²) in [6.07, 6.45) is 0. The molecule has 0 aliphatic carbocycles. The SMILES string of the molecule is O=C(CNCCO)OS. The molecule has 5 heteroatoms. The van der Waals surface area contributed by atoms with Gasteiger partial charge in [-0.3, -0.25) is 0 Å². The zero-order valence-electron chi connectivity index (χ0n) is 4.83. The Morgan fingerprint density at radius 3 is 2.89 bits per heavy atom. The summed E-state index contributed by atoms with van der Waals surface area (Å²) >= 11 is 3.27. The van der Waals surface area contributed by atoms with E-state index in [1.807, 2.05) is 0 Å². The molecule has 0 aliphatic rings. The van der Waals surface area contributed by atoms with Gasteiger partial charge in [0.25, 0.3) is 0 Å². The van der Waals surface area contributed by atoms with Gasteiger partial charge in [-0.1, -0.05) is 0 Å². The van der Waals surface area contributed by atoms with Gasteiger partial charge in [0, 0.05) is 19.5 Å². The van der Waals surface area contributed by atoms with E-state index in [2.05, 4.69) is 22.4 Å². The molecule has 0 aromatic rings. The van der Waals surface area contributed by atoms with Crippen LogP contribution in [0.15, 0.2) is 0 Å². The third-order valence-electron chi connectivity index (χ3n) is 0.660. The fraction of sp³-hybridized carbons (Fsp3) is 0.750. The van der Waals surface area contributed by atoms with Crippen molar-refractivity contribution in [2.75, 3.05) is 19.7 Å². The van der Waals surface area contributed by atoms with Crippen LogP contribution in [0.25, 0.3) is 0 Å². The van der Waals surface area contributed by atoms with Crippen LogP contribution >= 0.6 is 12.9 Å². The third kappa shape index (κ3) is 5.61. The lowest BCUT2D eigenvalue weighted by molar-refractivity contribution is -0.131. The number of nitrogens with one attached hydrogen (secondary N) is 1. The van der Waals surface area contributed by atoms with Crippen LogP contribution in [0.2, 0.25) is 0 Å². The smallest absolute Gasteiger partial charge is 0.331 e. The Balaban J connectivity index is 2.97. The maximum absolute atomic E-state index is 10.2. The average molecular weight is 151 g/mol. The van der Waals surface area contributed by atoms with Crippen LogP contribution in [-0.2, 0) is 8.98 Å². The molecule has 2 N–H and O–H groups in total. The highest BCUT2D eigenvalue weighted by atomic mass is 32.1. The van der Waals surface area contributed by atoms with Crippen molar-refractivity contribution in [1.29, 1.82) is 0 Å². The molecule has 0 spiro atoms. The van der Waals surface area contributed by atoms with Crippen LogP contribution in [0.1, 0.15) is 0 Å². The maximum Gasteiger partial charge on any atom is 0.331 e. The highest BCUT2D eigenvalue weighted by Crippen LogP contribution is 1.77. The molecule has 0 aromatic heterocycles. The first kappa shape index (κ1) is 8.74. The van der Waals surface area contributed by atoms with Crippen LogP contribution in [0, 0.1) is 0 Å². The van der Waals surface area contributed by atoms with Crippen molar-refractivity contribution >= 4 is 18.9 Å². The predicted molar refractivity (Wildman–Crippen MR) is 35.0 cm³/mol. The van der Waals surface area contributed by atoms with E-state index in [4.69, 9.17) is 5.11 Å². The quantitative estimate of drug-likeness (QED) is 0.273. The molecule has 54 valence electrons. The molecule has 0 rings (SSSR count). The minimum absolute atomic E-state index is 0.0137. The molecule has 0 saturated carbocycles. The topological polar surface area (TPSA) is 58.6 Å². The molecule has 0 aliphatic heterocycles. The Hall–Kier alpha value is -0.260. The van der Waals surface area contributed by atoms with Gasteiger partial charge >= 0.3 is 5.97 Å². The fourth-order valence-corrected chi connectivity index (χ4v) is 0.366. The van der Waals surface area contributed by atoms with Gasteiger partial charge in [-0.05, 0) is 0 Å². The van der Waals surface area contributed by atoms with E-state index >= 15 is 0 Å². The molecule has 4 nitrogen and oxygen atoms in total. The van der Waals surface area contributed by atoms with Crippen LogP contribution in [0.3, 0.4) is 0 Å². The minimum atomic E-state index is -0.452. The van der Waals surface area contributed by atoms with Crippen LogP contribution in [0.4, 0.5) is 0 Å². The number of carbonyl (C=O) groups is 1. The molecule has 0 radical (unpaired) electrons. The number of rotatable bonds is 4. The first-order valence-corrected chi connectivity index (χ1v) is 2.83. The normalized spacial score (nSPS) is 9.11. The van der Waals surface area contributed by atoms with E-state index in [1.165, 1.54) is 0 Å². The van der Waals surface area contributed by atoms with Crippen molar-refractivity contribution in [3.63, 3.8) is 0 Å². The summed E-state index contributed by atoms with van der Waals surface area (Å²) in [5.74, 6) is -0.452. The van der Waals surface area contributed by atoms with Gasteiger partial charge in [-0.15, -0.1) is 0 Å². The first-order chi connectivity index (χ1) is 4.31. The maximum atomic E-state index is 10.2. The number of thiol groups is 1. The molecule has 0 atom stereocenters. The molecule has 0 fully saturated rings. The highest BCUT2D eigenvalue weighted by molar-refractivity contribution is 7.75. The summed E-state index contributed by atoms with van der Waals surface area (Å²) in [6, 6.07) is 0. The van der Waals surface area contributed by atoms with Gasteiger partial charge in [-0.25, -0.2) is 4.79 Å². The van der Waals surface area contributed by atoms with Gasteiger partial charge < -0.3 is 14.6 Å². The zero-order chi connectivity index (χ0) is 7.11. The number of hydrogen-bond acceptors (Lipinski definition) is 5. The lowest BCUT2D eigenvalue weighted by Crippen LogP contribution is -2.25. The van der Waals surface area contributed by atoms with Gasteiger partial charge in [0.15, 0.2) is 0 Å². The summed E-state index contributed by atoms with van der Waals surface area (Å²) in [6.45, 7) is 0.493. The van der Waals surface area contributed by atoms with Crippen molar-refractivity contribution < 1.29 is 14.1 Å². The van der Waals surface area contributed by atoms with Crippen molar-refractivity contribution in [2.24, 2.45) is 0 Å². The molecule has 0 heterocycles. The predicted octanol–water partition coefficient (Wildman–Crippen LogP) is -1.04. The number of aliphatic hydroxyl groups excluding tert-OH is 1. The monoisotopic (exact) mass is 151 g/mol.